The maximum Gasteiger partial charge on any atom is 0.325 e. The summed E-state index contributed by atoms with van der Waals surface area (Å²) in [7, 11) is 0. The fourth-order valence-corrected chi connectivity index (χ4v) is 3.66. The summed E-state index contributed by atoms with van der Waals surface area (Å²) in [5, 5.41) is 6.61. The van der Waals surface area contributed by atoms with Crippen molar-refractivity contribution in [2.45, 2.75) is 33.2 Å². The Morgan fingerprint density at radius 2 is 2.00 bits per heavy atom. The van der Waals surface area contributed by atoms with Crippen molar-refractivity contribution < 1.29 is 23.3 Å². The first kappa shape index (κ1) is 18.7. The first-order valence-electron chi connectivity index (χ1n) is 9.06. The van der Waals surface area contributed by atoms with Gasteiger partial charge in [0.1, 0.15) is 11.5 Å². The van der Waals surface area contributed by atoms with Crippen molar-refractivity contribution in [2.24, 2.45) is 0 Å². The molecule has 0 radical (unpaired) electrons. The van der Waals surface area contributed by atoms with E-state index in [0.29, 0.717) is 28.6 Å². The molecule has 3 aromatic heterocycles. The van der Waals surface area contributed by atoms with Crippen LogP contribution < -0.4 is 5.32 Å². The van der Waals surface area contributed by atoms with Gasteiger partial charge in [-0.1, -0.05) is 5.16 Å². The van der Waals surface area contributed by atoms with Crippen molar-refractivity contribution in [2.75, 3.05) is 6.54 Å². The Morgan fingerprint density at radius 1 is 1.24 bits per heavy atom. The second-order valence-electron chi connectivity index (χ2n) is 7.26. The van der Waals surface area contributed by atoms with Crippen LogP contribution in [-0.4, -0.2) is 38.9 Å². The minimum Gasteiger partial charge on any atom is -0.466 e. The topological polar surface area (TPSA) is 111 Å². The molecule has 0 bridgehead atoms. The van der Waals surface area contributed by atoms with E-state index in [1.807, 2.05) is 6.92 Å². The van der Waals surface area contributed by atoms with Crippen molar-refractivity contribution in [3.63, 3.8) is 0 Å². The molecule has 3 amide bonds. The van der Waals surface area contributed by atoms with Gasteiger partial charge in [0.2, 0.25) is 0 Å². The number of aromatic nitrogens is 2. The Balaban J connectivity index is 1.61. The van der Waals surface area contributed by atoms with E-state index in [1.165, 1.54) is 6.26 Å². The number of imide groups is 1. The van der Waals surface area contributed by atoms with Gasteiger partial charge in [0.15, 0.2) is 17.1 Å². The van der Waals surface area contributed by atoms with Gasteiger partial charge in [-0.05, 0) is 45.9 Å². The Hall–Kier alpha value is -3.62. The van der Waals surface area contributed by atoms with Crippen LogP contribution in [0.15, 0.2) is 39.5 Å². The monoisotopic (exact) mass is 396 g/mol. The van der Waals surface area contributed by atoms with Crippen molar-refractivity contribution in [3.05, 3.63) is 59.0 Å². The van der Waals surface area contributed by atoms with E-state index >= 15 is 0 Å². The third-order valence-corrected chi connectivity index (χ3v) is 5.17. The van der Waals surface area contributed by atoms with Crippen LogP contribution in [0.3, 0.4) is 0 Å². The second kappa shape index (κ2) is 6.47. The minimum absolute atomic E-state index is 0.311. The van der Waals surface area contributed by atoms with Crippen LogP contribution in [0.2, 0.25) is 0 Å². The van der Waals surface area contributed by atoms with Crippen molar-refractivity contribution in [3.8, 4) is 5.82 Å². The number of nitrogens with one attached hydrogen (secondary N) is 1. The van der Waals surface area contributed by atoms with E-state index in [1.54, 1.807) is 49.6 Å². The molecule has 150 valence electrons. The summed E-state index contributed by atoms with van der Waals surface area (Å²) in [5.41, 5.74) is 0.518. The summed E-state index contributed by atoms with van der Waals surface area (Å²) in [4.78, 5) is 39.2. The second-order valence-corrected chi connectivity index (χ2v) is 7.26. The SMILES string of the molecule is Cc1cc(-n2c(C)cc(C(=O)CN3C(=O)N[C@@](C)(c4ccco4)C3=O)c2C)no1. The highest BCUT2D eigenvalue weighted by molar-refractivity contribution is 6.11. The average Bonchev–Trinajstić information content (AvgIpc) is 3.42. The number of amides is 3. The standard InChI is InChI=1S/C20H20N4O5/c1-11-8-14(13(3)24(11)17-9-12(2)29-22-17)15(25)10-23-18(26)20(4,21-19(23)27)16-6-5-7-28-16/h5-9H,10H2,1-4H3,(H,21,27)/t20-/m0/s1. The molecule has 0 spiro atoms. The Bertz CT molecular complexity index is 1120. The molecule has 4 rings (SSSR count). The average molecular weight is 396 g/mol. The molecule has 4 heterocycles. The number of urea groups is 1. The number of Topliss-reactive ketones (excluding diaryl/α,β-unsaturated/α-hetero) is 1. The molecule has 1 atom stereocenters. The van der Waals surface area contributed by atoms with Gasteiger partial charge in [-0.2, -0.15) is 0 Å². The van der Waals surface area contributed by atoms with E-state index in [4.69, 9.17) is 8.94 Å². The van der Waals surface area contributed by atoms with E-state index in [0.717, 1.165) is 10.6 Å². The van der Waals surface area contributed by atoms with Gasteiger partial charge in [-0.15, -0.1) is 0 Å². The van der Waals surface area contributed by atoms with Gasteiger partial charge < -0.3 is 14.3 Å². The van der Waals surface area contributed by atoms with Crippen molar-refractivity contribution >= 4 is 17.7 Å². The van der Waals surface area contributed by atoms with E-state index in [-0.39, 0.29) is 12.3 Å². The maximum atomic E-state index is 13.0. The van der Waals surface area contributed by atoms with Crippen LogP contribution in [0.5, 0.6) is 0 Å². The Labute approximate surface area is 166 Å². The molecule has 1 fully saturated rings. The van der Waals surface area contributed by atoms with Crippen LogP contribution in [0, 0.1) is 20.8 Å². The molecule has 1 aliphatic heterocycles. The number of furan rings is 1. The van der Waals surface area contributed by atoms with E-state index in [2.05, 4.69) is 10.5 Å². The summed E-state index contributed by atoms with van der Waals surface area (Å²) in [6, 6.07) is 6.08. The fraction of sp³-hybridized carbons (Fsp3) is 0.300. The molecule has 0 aliphatic carbocycles. The molecule has 3 aromatic rings. The number of carbonyl (C=O) groups is 3. The maximum absolute atomic E-state index is 13.0. The zero-order valence-corrected chi connectivity index (χ0v) is 16.5. The fourth-order valence-electron chi connectivity index (χ4n) is 3.66. The molecule has 0 aromatic carbocycles. The smallest absolute Gasteiger partial charge is 0.325 e. The van der Waals surface area contributed by atoms with Gasteiger partial charge in [0, 0.05) is 23.0 Å². The molecule has 1 N–H and O–H groups in total. The number of aryl methyl sites for hydroxylation is 2. The normalized spacial score (nSPS) is 19.1. The molecule has 1 saturated heterocycles. The Kier molecular flexibility index (Phi) is 4.18. The summed E-state index contributed by atoms with van der Waals surface area (Å²) < 4.78 is 12.2. The van der Waals surface area contributed by atoms with Gasteiger partial charge in [0.05, 0.1) is 12.8 Å². The molecular weight excluding hydrogens is 376 g/mol. The van der Waals surface area contributed by atoms with Crippen molar-refractivity contribution in [1.82, 2.24) is 19.9 Å². The molecule has 0 saturated carbocycles. The van der Waals surface area contributed by atoms with E-state index in [9.17, 15) is 14.4 Å². The Morgan fingerprint density at radius 3 is 2.62 bits per heavy atom. The number of hydrogen-bond donors (Lipinski definition) is 1. The molecule has 29 heavy (non-hydrogen) atoms. The zero-order valence-electron chi connectivity index (χ0n) is 16.5. The van der Waals surface area contributed by atoms with Gasteiger partial charge in [-0.25, -0.2) is 4.79 Å². The quantitative estimate of drug-likeness (QED) is 0.524. The molecule has 9 nitrogen and oxygen atoms in total. The molecule has 0 unspecified atom stereocenters. The number of nitrogens with zero attached hydrogens (tertiary/aromatic N) is 3. The lowest BCUT2D eigenvalue weighted by molar-refractivity contribution is -0.131. The predicted octanol–water partition coefficient (Wildman–Crippen LogP) is 2.63. The highest BCUT2D eigenvalue weighted by Gasteiger charge is 2.51. The lowest BCUT2D eigenvalue weighted by atomic mass is 9.99. The largest absolute Gasteiger partial charge is 0.466 e. The van der Waals surface area contributed by atoms with Crippen LogP contribution in [0.1, 0.15) is 40.2 Å². The number of ketones is 1. The summed E-state index contributed by atoms with van der Waals surface area (Å²) in [6.45, 7) is 6.58. The van der Waals surface area contributed by atoms with Crippen LogP contribution in [0.25, 0.3) is 5.82 Å². The van der Waals surface area contributed by atoms with Crippen molar-refractivity contribution in [1.29, 1.82) is 0 Å². The predicted molar refractivity (Wildman–Crippen MR) is 101 cm³/mol. The third-order valence-electron chi connectivity index (χ3n) is 5.17. The van der Waals surface area contributed by atoms with Gasteiger partial charge in [0.25, 0.3) is 5.91 Å². The number of rotatable bonds is 5. The van der Waals surface area contributed by atoms with Gasteiger partial charge in [-0.3, -0.25) is 19.1 Å². The van der Waals surface area contributed by atoms with E-state index < -0.39 is 17.5 Å². The first-order valence-corrected chi connectivity index (χ1v) is 9.06. The molecular formula is C20H20N4O5. The highest BCUT2D eigenvalue weighted by Crippen LogP contribution is 2.29. The number of carbonyl (C=O) groups excluding carboxylic acids is 3. The third kappa shape index (κ3) is 2.86. The lowest BCUT2D eigenvalue weighted by Gasteiger charge is -2.18. The summed E-state index contributed by atoms with van der Waals surface area (Å²) in [6.07, 6.45) is 1.42. The first-order chi connectivity index (χ1) is 13.7. The van der Waals surface area contributed by atoms with Gasteiger partial charge >= 0.3 is 6.03 Å². The van der Waals surface area contributed by atoms with Crippen LogP contribution >= 0.6 is 0 Å². The van der Waals surface area contributed by atoms with Crippen LogP contribution in [-0.2, 0) is 10.3 Å². The lowest BCUT2D eigenvalue weighted by Crippen LogP contribution is -2.41. The minimum atomic E-state index is -1.34. The molecule has 9 heteroatoms. The number of hydrogen-bond acceptors (Lipinski definition) is 6. The van der Waals surface area contributed by atoms with Crippen LogP contribution in [0.4, 0.5) is 4.79 Å². The summed E-state index contributed by atoms with van der Waals surface area (Å²) >= 11 is 0. The highest BCUT2D eigenvalue weighted by atomic mass is 16.5. The zero-order chi connectivity index (χ0) is 20.9. The molecule has 1 aliphatic rings. The summed E-state index contributed by atoms with van der Waals surface area (Å²) in [5.74, 6) is 0.641.